The van der Waals surface area contributed by atoms with Crippen molar-refractivity contribution in [2.75, 3.05) is 23.3 Å². The zero-order chi connectivity index (χ0) is 22.2. The van der Waals surface area contributed by atoms with Crippen LogP contribution < -0.4 is 15.5 Å². The number of nitrogens with zero attached hydrogens (tertiary/aromatic N) is 2. The van der Waals surface area contributed by atoms with Crippen LogP contribution in [0.1, 0.15) is 41.0 Å². The summed E-state index contributed by atoms with van der Waals surface area (Å²) in [5.74, 6) is -0.0206. The quantitative estimate of drug-likeness (QED) is 0.506. The van der Waals surface area contributed by atoms with Crippen molar-refractivity contribution in [1.29, 1.82) is 0 Å². The van der Waals surface area contributed by atoms with Crippen LogP contribution in [0.4, 0.5) is 16.2 Å². The van der Waals surface area contributed by atoms with Crippen molar-refractivity contribution in [3.8, 4) is 0 Å². The molecule has 0 spiro atoms. The molecule has 9 heteroatoms. The first-order valence-corrected chi connectivity index (χ1v) is 11.0. The first kappa shape index (κ1) is 22.4. The van der Waals surface area contributed by atoms with Gasteiger partial charge in [-0.05, 0) is 33.7 Å². The van der Waals surface area contributed by atoms with Gasteiger partial charge in [-0.3, -0.25) is 4.79 Å². The molecule has 2 atom stereocenters. The second-order valence-electron chi connectivity index (χ2n) is 9.31. The maximum atomic E-state index is 12.3. The fourth-order valence-electron chi connectivity index (χ4n) is 4.18. The molecule has 3 heterocycles. The summed E-state index contributed by atoms with van der Waals surface area (Å²) in [7, 11) is 0. The molecule has 2 amide bonds. The Bertz CT molecular complexity index is 950. The summed E-state index contributed by atoms with van der Waals surface area (Å²) in [5, 5.41) is 15.9. The Morgan fingerprint density at radius 1 is 1.37 bits per heavy atom. The number of rotatable bonds is 5. The minimum Gasteiger partial charge on any atom is -0.465 e. The van der Waals surface area contributed by atoms with Crippen LogP contribution in [0.25, 0.3) is 11.0 Å². The zero-order valence-corrected chi connectivity index (χ0v) is 19.6. The molecule has 0 saturated carbocycles. The molecule has 8 nitrogen and oxygen atoms in total. The molecule has 1 saturated heterocycles. The predicted octanol–water partition coefficient (Wildman–Crippen LogP) is 4.43. The van der Waals surface area contributed by atoms with Gasteiger partial charge in [-0.1, -0.05) is 34.6 Å². The lowest BCUT2D eigenvalue weighted by Crippen LogP contribution is -2.48. The highest BCUT2D eigenvalue weighted by atomic mass is 79.9. The molecule has 1 fully saturated rings. The van der Waals surface area contributed by atoms with E-state index in [0.29, 0.717) is 17.9 Å². The molecule has 4 N–H and O–H groups in total. The molecule has 2 aromatic heterocycles. The number of amides is 2. The van der Waals surface area contributed by atoms with Gasteiger partial charge < -0.3 is 25.6 Å². The molecule has 1 aliphatic rings. The largest absolute Gasteiger partial charge is 0.465 e. The van der Waals surface area contributed by atoms with Crippen molar-refractivity contribution < 1.29 is 14.7 Å². The van der Waals surface area contributed by atoms with Crippen molar-refractivity contribution >= 4 is 50.3 Å². The number of fused-ring (bicyclic) bond motifs is 1. The lowest BCUT2D eigenvalue weighted by Gasteiger charge is -2.35. The summed E-state index contributed by atoms with van der Waals surface area (Å²) < 4.78 is 0.841. The topological polar surface area (TPSA) is 110 Å². The first-order chi connectivity index (χ1) is 14.0. The molecular formula is C21H30BrN5O3. The predicted molar refractivity (Wildman–Crippen MR) is 122 cm³/mol. The normalized spacial score (nSPS) is 18.1. The highest BCUT2D eigenvalue weighted by Crippen LogP contribution is 2.41. The van der Waals surface area contributed by atoms with E-state index < -0.39 is 6.09 Å². The number of hydrogen-bond donors (Lipinski definition) is 4. The van der Waals surface area contributed by atoms with Gasteiger partial charge in [0.2, 0.25) is 5.91 Å². The van der Waals surface area contributed by atoms with E-state index in [2.05, 4.69) is 62.2 Å². The smallest absolute Gasteiger partial charge is 0.404 e. The minimum atomic E-state index is -0.995. The Morgan fingerprint density at radius 3 is 2.67 bits per heavy atom. The highest BCUT2D eigenvalue weighted by molar-refractivity contribution is 9.10. The minimum absolute atomic E-state index is 0.0559. The number of aromatic nitrogens is 2. The Hall–Kier alpha value is -2.29. The van der Waals surface area contributed by atoms with Crippen molar-refractivity contribution in [2.24, 2.45) is 17.3 Å². The van der Waals surface area contributed by atoms with E-state index in [1.165, 1.54) is 0 Å². The third kappa shape index (κ3) is 4.55. The number of pyridine rings is 1. The lowest BCUT2D eigenvalue weighted by atomic mass is 9.78. The summed E-state index contributed by atoms with van der Waals surface area (Å²) in [5.41, 5.74) is 2.17. The molecule has 2 aromatic rings. The number of nitrogens with one attached hydrogen (secondary N) is 3. The van der Waals surface area contributed by atoms with Gasteiger partial charge in [0.25, 0.3) is 0 Å². The SMILES string of the molecule is CC(C)C(=O)Nc1c[nH]c2ncc(Br)c(N3CCC(C(NC(=O)O)C(C)(C)C)C3)c12. The monoisotopic (exact) mass is 479 g/mol. The van der Waals surface area contributed by atoms with Gasteiger partial charge in [-0.15, -0.1) is 0 Å². The maximum Gasteiger partial charge on any atom is 0.404 e. The molecule has 0 aromatic carbocycles. The van der Waals surface area contributed by atoms with Gasteiger partial charge in [0.05, 0.1) is 21.2 Å². The second kappa shape index (κ2) is 8.45. The number of carbonyl (C=O) groups excluding carboxylic acids is 1. The van der Waals surface area contributed by atoms with Crippen LogP contribution >= 0.6 is 15.9 Å². The number of carboxylic acid groups (broad SMARTS) is 1. The summed E-state index contributed by atoms with van der Waals surface area (Å²) in [6.07, 6.45) is 3.40. The third-order valence-electron chi connectivity index (χ3n) is 5.64. The molecule has 1 aliphatic heterocycles. The Morgan fingerprint density at radius 2 is 2.07 bits per heavy atom. The van der Waals surface area contributed by atoms with E-state index in [-0.39, 0.29) is 29.2 Å². The standard InChI is InChI=1S/C21H30BrN5O3/c1-11(2)19(28)25-14-9-24-18-15(14)16(13(22)8-23-18)27-7-6-12(10-27)17(21(3,4)5)26-20(29)30/h8-9,11-12,17,26H,6-7,10H2,1-5H3,(H,23,24)(H,25,28)(H,29,30). The number of hydrogen-bond acceptors (Lipinski definition) is 4. The van der Waals surface area contributed by atoms with Crippen LogP contribution in [-0.4, -0.2) is 46.2 Å². The second-order valence-corrected chi connectivity index (χ2v) is 10.2. The lowest BCUT2D eigenvalue weighted by molar-refractivity contribution is -0.118. The Labute approximate surface area is 184 Å². The van der Waals surface area contributed by atoms with E-state index in [1.54, 1.807) is 12.4 Å². The van der Waals surface area contributed by atoms with Crippen molar-refractivity contribution in [2.45, 2.75) is 47.1 Å². The van der Waals surface area contributed by atoms with Crippen LogP contribution in [0.3, 0.4) is 0 Å². The van der Waals surface area contributed by atoms with Crippen molar-refractivity contribution in [3.63, 3.8) is 0 Å². The molecule has 3 rings (SSSR count). The van der Waals surface area contributed by atoms with E-state index in [4.69, 9.17) is 0 Å². The maximum absolute atomic E-state index is 12.3. The molecule has 0 bridgehead atoms. The van der Waals surface area contributed by atoms with Gasteiger partial charge in [-0.25, -0.2) is 9.78 Å². The fraction of sp³-hybridized carbons (Fsp3) is 0.571. The van der Waals surface area contributed by atoms with Crippen LogP contribution in [0, 0.1) is 17.3 Å². The molecule has 0 radical (unpaired) electrons. The van der Waals surface area contributed by atoms with Gasteiger partial charge >= 0.3 is 6.09 Å². The summed E-state index contributed by atoms with van der Waals surface area (Å²) in [4.78, 5) is 33.5. The van der Waals surface area contributed by atoms with Gasteiger partial charge in [0.15, 0.2) is 0 Å². The third-order valence-corrected chi connectivity index (χ3v) is 6.22. The van der Waals surface area contributed by atoms with Gasteiger partial charge in [-0.2, -0.15) is 0 Å². The van der Waals surface area contributed by atoms with E-state index >= 15 is 0 Å². The first-order valence-electron chi connectivity index (χ1n) is 10.2. The van der Waals surface area contributed by atoms with Crippen LogP contribution in [0.2, 0.25) is 0 Å². The molecular weight excluding hydrogens is 450 g/mol. The molecule has 30 heavy (non-hydrogen) atoms. The van der Waals surface area contributed by atoms with Gasteiger partial charge in [0, 0.05) is 37.4 Å². The van der Waals surface area contributed by atoms with Crippen molar-refractivity contribution in [3.05, 3.63) is 16.9 Å². The summed E-state index contributed by atoms with van der Waals surface area (Å²) in [6, 6.07) is -0.164. The van der Waals surface area contributed by atoms with Crippen LogP contribution in [0.5, 0.6) is 0 Å². The van der Waals surface area contributed by atoms with E-state index in [1.807, 2.05) is 13.8 Å². The van der Waals surface area contributed by atoms with Crippen LogP contribution in [0.15, 0.2) is 16.9 Å². The Balaban J connectivity index is 1.95. The molecule has 164 valence electrons. The number of carbonyl (C=O) groups is 2. The summed E-state index contributed by atoms with van der Waals surface area (Å²) >= 11 is 3.64. The highest BCUT2D eigenvalue weighted by Gasteiger charge is 2.38. The molecule has 2 unspecified atom stereocenters. The zero-order valence-electron chi connectivity index (χ0n) is 18.0. The fourth-order valence-corrected chi connectivity index (χ4v) is 4.73. The van der Waals surface area contributed by atoms with Crippen LogP contribution in [-0.2, 0) is 4.79 Å². The average molecular weight is 480 g/mol. The number of H-pyrrole nitrogens is 1. The molecule has 0 aliphatic carbocycles. The van der Waals surface area contributed by atoms with E-state index in [9.17, 15) is 14.7 Å². The van der Waals surface area contributed by atoms with E-state index in [0.717, 1.165) is 28.5 Å². The van der Waals surface area contributed by atoms with Gasteiger partial charge in [0.1, 0.15) is 5.65 Å². The summed E-state index contributed by atoms with van der Waals surface area (Å²) in [6.45, 7) is 11.4. The van der Waals surface area contributed by atoms with Crippen molar-refractivity contribution in [1.82, 2.24) is 15.3 Å². The number of halogens is 1. The Kier molecular flexibility index (Phi) is 6.31. The number of aromatic amines is 1. The number of anilines is 2. The average Bonchev–Trinajstić information content (AvgIpc) is 3.26.